The Kier molecular flexibility index (Phi) is 8.04. The van der Waals surface area contributed by atoms with Crippen LogP contribution in [0.15, 0.2) is 17.0 Å². The van der Waals surface area contributed by atoms with Crippen molar-refractivity contribution in [2.45, 2.75) is 32.1 Å². The first-order valence-corrected chi connectivity index (χ1v) is 11.6. The van der Waals surface area contributed by atoms with Gasteiger partial charge in [-0.2, -0.15) is 0 Å². The van der Waals surface area contributed by atoms with E-state index < -0.39 is 5.97 Å². The zero-order valence-electron chi connectivity index (χ0n) is 16.9. The van der Waals surface area contributed by atoms with E-state index in [-0.39, 0.29) is 17.8 Å². The highest BCUT2D eigenvalue weighted by Crippen LogP contribution is 2.38. The molecule has 0 unspecified atom stereocenters. The fraction of sp³-hybridized carbons (Fsp3) is 0.476. The topological polar surface area (TPSA) is 82.1 Å². The van der Waals surface area contributed by atoms with Gasteiger partial charge in [0.1, 0.15) is 0 Å². The summed E-state index contributed by atoms with van der Waals surface area (Å²) in [7, 11) is 2.79. The largest absolute Gasteiger partial charge is 0.493 e. The molecule has 1 aliphatic heterocycles. The van der Waals surface area contributed by atoms with Crippen molar-refractivity contribution in [2.24, 2.45) is 5.92 Å². The van der Waals surface area contributed by atoms with E-state index in [2.05, 4.69) is 27.3 Å². The maximum absolute atomic E-state index is 12.8. The molecule has 1 saturated carbocycles. The predicted octanol–water partition coefficient (Wildman–Crippen LogP) is 4.47. The number of methoxy groups -OCH3 is 2. The molecule has 0 bridgehead atoms. The van der Waals surface area contributed by atoms with Gasteiger partial charge in [0.05, 0.1) is 22.7 Å². The summed E-state index contributed by atoms with van der Waals surface area (Å²) in [6.45, 7) is 0.269. The summed E-state index contributed by atoms with van der Waals surface area (Å²) < 4.78 is 16.2. The molecule has 3 rings (SSSR count). The highest BCUT2D eigenvalue weighted by molar-refractivity contribution is 14.1. The summed E-state index contributed by atoms with van der Waals surface area (Å²) in [6, 6.07) is 3.52. The molecule has 1 heterocycles. The molecule has 1 saturated heterocycles. The van der Waals surface area contributed by atoms with E-state index in [9.17, 15) is 14.4 Å². The van der Waals surface area contributed by atoms with Crippen molar-refractivity contribution in [3.05, 3.63) is 26.2 Å². The van der Waals surface area contributed by atoms with Crippen LogP contribution in [0.5, 0.6) is 11.5 Å². The van der Waals surface area contributed by atoms with Crippen molar-refractivity contribution in [2.75, 3.05) is 27.4 Å². The Morgan fingerprint density at radius 1 is 1.23 bits per heavy atom. The lowest BCUT2D eigenvalue weighted by Crippen LogP contribution is -2.34. The van der Waals surface area contributed by atoms with Crippen LogP contribution in [0.3, 0.4) is 0 Å². The number of hydrogen-bond acceptors (Lipinski definition) is 7. The number of benzene rings is 1. The molecule has 2 aliphatic rings. The zero-order chi connectivity index (χ0) is 21.7. The van der Waals surface area contributed by atoms with Crippen LogP contribution in [0.4, 0.5) is 4.79 Å². The third-order valence-electron chi connectivity index (χ3n) is 5.15. The molecule has 0 radical (unpaired) electrons. The summed E-state index contributed by atoms with van der Waals surface area (Å²) in [4.78, 5) is 38.4. The van der Waals surface area contributed by atoms with Gasteiger partial charge in [-0.1, -0.05) is 19.3 Å². The number of nitrogens with zero attached hydrogens (tertiary/aromatic N) is 1. The number of thioether (sulfide) groups is 1. The molecule has 0 aromatic heterocycles. The second-order valence-electron chi connectivity index (χ2n) is 7.20. The standard InChI is InChI=1S/C21H24INO6S/c1-27-16-9-14(8-15(22)19(16)29-12-18(24)28-2)10-17-20(25)23(21(26)30-17)11-13-6-4-3-5-7-13/h8-10,13H,3-7,11-12H2,1-2H3/b17-10+. The van der Waals surface area contributed by atoms with Crippen molar-refractivity contribution in [1.29, 1.82) is 0 Å². The highest BCUT2D eigenvalue weighted by Gasteiger charge is 2.36. The Morgan fingerprint density at radius 3 is 2.63 bits per heavy atom. The van der Waals surface area contributed by atoms with Gasteiger partial charge in [-0.3, -0.25) is 14.5 Å². The zero-order valence-corrected chi connectivity index (χ0v) is 19.9. The quantitative estimate of drug-likeness (QED) is 0.284. The van der Waals surface area contributed by atoms with Gasteiger partial charge < -0.3 is 14.2 Å². The molecular formula is C21H24INO6S. The van der Waals surface area contributed by atoms with E-state index in [1.54, 1.807) is 12.1 Å². The third kappa shape index (κ3) is 5.48. The number of amides is 2. The van der Waals surface area contributed by atoms with Crippen molar-refractivity contribution >= 4 is 57.5 Å². The first-order valence-electron chi connectivity index (χ1n) is 9.75. The van der Waals surface area contributed by atoms with Gasteiger partial charge >= 0.3 is 5.97 Å². The van der Waals surface area contributed by atoms with E-state index in [0.29, 0.717) is 38.0 Å². The summed E-state index contributed by atoms with van der Waals surface area (Å²) >= 11 is 3.04. The third-order valence-corrected chi connectivity index (χ3v) is 6.86. The minimum Gasteiger partial charge on any atom is -0.493 e. The minimum absolute atomic E-state index is 0.212. The van der Waals surface area contributed by atoms with Gasteiger partial charge in [-0.05, 0) is 76.9 Å². The monoisotopic (exact) mass is 545 g/mol. The maximum Gasteiger partial charge on any atom is 0.343 e. The lowest BCUT2D eigenvalue weighted by atomic mass is 9.89. The fourth-order valence-corrected chi connectivity index (χ4v) is 5.22. The number of carbonyl (C=O) groups excluding carboxylic acids is 3. The lowest BCUT2D eigenvalue weighted by Gasteiger charge is -2.25. The number of hydrogen-bond donors (Lipinski definition) is 0. The summed E-state index contributed by atoms with van der Waals surface area (Å²) in [5.41, 5.74) is 0.713. The molecule has 1 aliphatic carbocycles. The Morgan fingerprint density at radius 2 is 1.97 bits per heavy atom. The molecule has 9 heteroatoms. The number of carbonyl (C=O) groups is 3. The Hall–Kier alpha value is -1.75. The molecule has 30 heavy (non-hydrogen) atoms. The van der Waals surface area contributed by atoms with Crippen LogP contribution in [0.1, 0.15) is 37.7 Å². The van der Waals surface area contributed by atoms with Gasteiger partial charge in [0.2, 0.25) is 0 Å². The number of rotatable bonds is 7. The molecular weight excluding hydrogens is 521 g/mol. The van der Waals surface area contributed by atoms with Crippen LogP contribution in [0.2, 0.25) is 0 Å². The molecule has 2 amide bonds. The van der Waals surface area contributed by atoms with E-state index in [1.165, 1.54) is 38.4 Å². The van der Waals surface area contributed by atoms with Gasteiger partial charge in [0, 0.05) is 6.54 Å². The average Bonchev–Trinajstić information content (AvgIpc) is 3.00. The van der Waals surface area contributed by atoms with Crippen molar-refractivity contribution in [3.8, 4) is 11.5 Å². The van der Waals surface area contributed by atoms with Crippen LogP contribution in [-0.4, -0.2) is 49.4 Å². The Balaban J connectivity index is 1.77. The van der Waals surface area contributed by atoms with Crippen LogP contribution in [0, 0.1) is 9.49 Å². The summed E-state index contributed by atoms with van der Waals surface area (Å²) in [5.74, 6) is 0.516. The smallest absolute Gasteiger partial charge is 0.343 e. The number of halogens is 1. The fourth-order valence-electron chi connectivity index (χ4n) is 3.59. The van der Waals surface area contributed by atoms with Gasteiger partial charge in [-0.15, -0.1) is 0 Å². The van der Waals surface area contributed by atoms with E-state index in [4.69, 9.17) is 9.47 Å². The van der Waals surface area contributed by atoms with Crippen molar-refractivity contribution in [1.82, 2.24) is 4.90 Å². The molecule has 1 aromatic rings. The van der Waals surface area contributed by atoms with Gasteiger partial charge in [0.25, 0.3) is 11.1 Å². The SMILES string of the molecule is COC(=O)COc1c(I)cc(/C=C2/SC(=O)N(CC3CCCCC3)C2=O)cc1OC. The molecule has 0 spiro atoms. The second kappa shape index (κ2) is 10.5. The van der Waals surface area contributed by atoms with Crippen molar-refractivity contribution < 1.29 is 28.6 Å². The molecule has 7 nitrogen and oxygen atoms in total. The number of imide groups is 1. The maximum atomic E-state index is 12.8. The number of esters is 1. The lowest BCUT2D eigenvalue weighted by molar-refractivity contribution is -0.143. The Labute approximate surface area is 193 Å². The predicted molar refractivity (Wildman–Crippen MR) is 122 cm³/mol. The van der Waals surface area contributed by atoms with E-state index >= 15 is 0 Å². The van der Waals surface area contributed by atoms with Crippen molar-refractivity contribution in [3.63, 3.8) is 0 Å². The van der Waals surface area contributed by atoms with Gasteiger partial charge in [0.15, 0.2) is 18.1 Å². The second-order valence-corrected chi connectivity index (χ2v) is 9.35. The normalized spacial score (nSPS) is 18.8. The molecule has 1 aromatic carbocycles. The number of ether oxygens (including phenoxy) is 3. The molecule has 0 atom stereocenters. The molecule has 162 valence electrons. The van der Waals surface area contributed by atoms with Gasteiger partial charge in [-0.25, -0.2) is 4.79 Å². The molecule has 0 N–H and O–H groups in total. The first-order chi connectivity index (χ1) is 14.4. The van der Waals surface area contributed by atoms with Crippen LogP contribution in [-0.2, 0) is 14.3 Å². The summed E-state index contributed by atoms with van der Waals surface area (Å²) in [5, 5.41) is -0.212. The van der Waals surface area contributed by atoms with Crippen LogP contribution in [0.25, 0.3) is 6.08 Å². The molecule has 2 fully saturated rings. The first kappa shape index (κ1) is 22.9. The minimum atomic E-state index is -0.497. The van der Waals surface area contributed by atoms with E-state index in [1.807, 2.05) is 6.07 Å². The van der Waals surface area contributed by atoms with E-state index in [0.717, 1.165) is 24.6 Å². The van der Waals surface area contributed by atoms with Crippen LogP contribution < -0.4 is 9.47 Å². The highest BCUT2D eigenvalue weighted by atomic mass is 127. The summed E-state index contributed by atoms with van der Waals surface area (Å²) in [6.07, 6.45) is 7.41. The Bertz CT molecular complexity index is 865. The van der Waals surface area contributed by atoms with Crippen LogP contribution >= 0.6 is 34.4 Å². The average molecular weight is 545 g/mol.